The maximum Gasteiger partial charge on any atom is 0.416 e. The molecule has 0 aliphatic rings. The smallest absolute Gasteiger partial charge is 0.416 e. The highest BCUT2D eigenvalue weighted by Crippen LogP contribution is 2.38. The molecule has 0 saturated carbocycles. The van der Waals surface area contributed by atoms with Crippen molar-refractivity contribution in [2.45, 2.75) is 30.7 Å². The largest absolute Gasteiger partial charge is 0.616 e. The maximum absolute atomic E-state index is 14.7. The Bertz CT molecular complexity index is 1050. The van der Waals surface area contributed by atoms with Gasteiger partial charge in [0.15, 0.2) is 0 Å². The van der Waals surface area contributed by atoms with Gasteiger partial charge in [-0.15, -0.1) is 0 Å². The maximum atomic E-state index is 14.7. The van der Waals surface area contributed by atoms with Crippen molar-refractivity contribution in [3.63, 3.8) is 0 Å². The van der Waals surface area contributed by atoms with Crippen LogP contribution >= 0.6 is 0 Å². The fourth-order valence-electron chi connectivity index (χ4n) is 3.54. The summed E-state index contributed by atoms with van der Waals surface area (Å²) in [5.41, 5.74) is 1.34. The van der Waals surface area contributed by atoms with Gasteiger partial charge in [-0.1, -0.05) is 35.4 Å². The molecule has 0 aliphatic carbocycles. The molecule has 29 heavy (non-hydrogen) atoms. The first kappa shape index (κ1) is 21.2. The lowest BCUT2D eigenvalue weighted by atomic mass is 9.86. The molecular formula is C21H18F4N2OS. The third-order valence-corrected chi connectivity index (χ3v) is 5.53. The third-order valence-electron chi connectivity index (χ3n) is 4.82. The van der Waals surface area contributed by atoms with Gasteiger partial charge in [-0.25, -0.2) is 4.39 Å². The van der Waals surface area contributed by atoms with Crippen LogP contribution in [0.15, 0.2) is 42.6 Å². The summed E-state index contributed by atoms with van der Waals surface area (Å²) < 4.78 is 65.0. The second-order valence-electron chi connectivity index (χ2n) is 6.78. The quantitative estimate of drug-likeness (QED) is 0.413. The van der Waals surface area contributed by atoms with E-state index in [4.69, 9.17) is 5.26 Å². The number of aromatic nitrogens is 1. The number of halogens is 4. The molecule has 0 amide bonds. The van der Waals surface area contributed by atoms with Crippen molar-refractivity contribution in [3.05, 3.63) is 70.7 Å². The molecule has 0 aliphatic heterocycles. The number of para-hydroxylation sites is 1. The monoisotopic (exact) mass is 422 g/mol. The Kier molecular flexibility index (Phi) is 6.20. The van der Waals surface area contributed by atoms with Crippen molar-refractivity contribution in [1.29, 1.82) is 5.26 Å². The second-order valence-corrected chi connectivity index (χ2v) is 8.22. The Morgan fingerprint density at radius 3 is 2.59 bits per heavy atom. The number of nitrogens with zero attached hydrogens (tertiary/aromatic N) is 1. The van der Waals surface area contributed by atoms with Crippen LogP contribution < -0.4 is 0 Å². The normalized spacial score (nSPS) is 14.0. The Labute approximate surface area is 168 Å². The van der Waals surface area contributed by atoms with Crippen molar-refractivity contribution in [2.24, 2.45) is 0 Å². The molecule has 0 saturated heterocycles. The van der Waals surface area contributed by atoms with Crippen LogP contribution in [0.1, 0.15) is 41.0 Å². The van der Waals surface area contributed by atoms with Gasteiger partial charge in [-0.2, -0.15) is 18.4 Å². The highest BCUT2D eigenvalue weighted by Gasteiger charge is 2.32. The van der Waals surface area contributed by atoms with E-state index in [1.807, 2.05) is 18.2 Å². The van der Waals surface area contributed by atoms with Crippen LogP contribution in [0, 0.1) is 17.1 Å². The molecule has 0 fully saturated rings. The fourth-order valence-corrected chi connectivity index (χ4v) is 4.22. The number of nitriles is 1. The van der Waals surface area contributed by atoms with Gasteiger partial charge in [-0.3, -0.25) is 0 Å². The van der Waals surface area contributed by atoms with Gasteiger partial charge in [0.05, 0.1) is 23.4 Å². The Morgan fingerprint density at radius 2 is 1.97 bits per heavy atom. The SMILES string of the molecule is C[S+]([O-])Cc1cccc2c(C(CCC#N)c3ccc(C(F)(F)F)cc3F)c[nH]c12. The number of fused-ring (bicyclic) bond motifs is 1. The zero-order valence-electron chi connectivity index (χ0n) is 15.5. The van der Waals surface area contributed by atoms with E-state index in [0.717, 1.165) is 28.6 Å². The first-order valence-corrected chi connectivity index (χ1v) is 10.6. The number of hydrogen-bond acceptors (Lipinski definition) is 2. The van der Waals surface area contributed by atoms with Gasteiger partial charge in [0.1, 0.15) is 11.6 Å². The van der Waals surface area contributed by atoms with E-state index in [2.05, 4.69) is 4.98 Å². The van der Waals surface area contributed by atoms with E-state index in [-0.39, 0.29) is 18.4 Å². The fraction of sp³-hybridized carbons (Fsp3) is 0.286. The molecule has 2 aromatic carbocycles. The molecular weight excluding hydrogens is 404 g/mol. The first-order valence-electron chi connectivity index (χ1n) is 8.85. The second kappa shape index (κ2) is 8.47. The van der Waals surface area contributed by atoms with Crippen LogP contribution in [-0.2, 0) is 23.1 Å². The van der Waals surface area contributed by atoms with Gasteiger partial charge < -0.3 is 9.54 Å². The predicted octanol–water partition coefficient (Wildman–Crippen LogP) is 5.64. The summed E-state index contributed by atoms with van der Waals surface area (Å²) in [5.74, 6) is -1.20. The van der Waals surface area contributed by atoms with Crippen LogP contribution in [0.3, 0.4) is 0 Å². The molecule has 2 unspecified atom stereocenters. The average molecular weight is 422 g/mol. The summed E-state index contributed by atoms with van der Waals surface area (Å²) in [6.07, 6.45) is -0.971. The molecule has 152 valence electrons. The minimum absolute atomic E-state index is 0.110. The molecule has 1 N–H and O–H groups in total. The van der Waals surface area contributed by atoms with Crippen molar-refractivity contribution in [3.8, 4) is 6.07 Å². The van der Waals surface area contributed by atoms with Crippen molar-refractivity contribution in [1.82, 2.24) is 4.98 Å². The number of benzene rings is 2. The van der Waals surface area contributed by atoms with Crippen LogP contribution in [0.25, 0.3) is 10.9 Å². The lowest BCUT2D eigenvalue weighted by molar-refractivity contribution is -0.137. The molecule has 0 radical (unpaired) electrons. The number of hydrogen-bond donors (Lipinski definition) is 1. The van der Waals surface area contributed by atoms with E-state index in [0.29, 0.717) is 17.4 Å². The van der Waals surface area contributed by atoms with Crippen LogP contribution in [0.4, 0.5) is 17.6 Å². The molecule has 2 atom stereocenters. The number of rotatable bonds is 6. The highest BCUT2D eigenvalue weighted by atomic mass is 32.2. The summed E-state index contributed by atoms with van der Waals surface area (Å²) >= 11 is -1.06. The first-order chi connectivity index (χ1) is 13.7. The summed E-state index contributed by atoms with van der Waals surface area (Å²) in [4.78, 5) is 3.12. The van der Waals surface area contributed by atoms with E-state index < -0.39 is 34.7 Å². The molecule has 0 spiro atoms. The summed E-state index contributed by atoms with van der Waals surface area (Å²) in [5, 5.41) is 9.78. The van der Waals surface area contributed by atoms with E-state index in [1.54, 1.807) is 18.5 Å². The molecule has 8 heteroatoms. The van der Waals surface area contributed by atoms with E-state index >= 15 is 0 Å². The van der Waals surface area contributed by atoms with E-state index in [1.165, 1.54) is 0 Å². The zero-order valence-corrected chi connectivity index (χ0v) is 16.3. The van der Waals surface area contributed by atoms with Gasteiger partial charge in [0.2, 0.25) is 0 Å². The standard InChI is InChI=1S/C21H18F4N2OS/c1-29(28)12-13-4-2-5-17-18(11-27-20(13)17)15(6-3-9-26)16-8-7-14(10-19(16)22)21(23,24)25/h2,4-5,7-8,10-11,15,27H,3,6,12H2,1H3. The number of aromatic amines is 1. The summed E-state index contributed by atoms with van der Waals surface area (Å²) in [6.45, 7) is 0. The summed E-state index contributed by atoms with van der Waals surface area (Å²) in [6, 6.07) is 9.98. The Hall–Kier alpha value is -2.50. The van der Waals surface area contributed by atoms with Crippen molar-refractivity contribution < 1.29 is 22.1 Å². The molecule has 3 nitrogen and oxygen atoms in total. The number of H-pyrrole nitrogens is 1. The molecule has 3 aromatic rings. The van der Waals surface area contributed by atoms with Gasteiger partial charge >= 0.3 is 6.18 Å². The van der Waals surface area contributed by atoms with Crippen molar-refractivity contribution >= 4 is 22.1 Å². The van der Waals surface area contributed by atoms with Gasteiger partial charge in [0, 0.05) is 29.5 Å². The van der Waals surface area contributed by atoms with Gasteiger partial charge in [-0.05, 0) is 29.7 Å². The minimum Gasteiger partial charge on any atom is -0.616 e. The van der Waals surface area contributed by atoms with E-state index in [9.17, 15) is 22.1 Å². The zero-order chi connectivity index (χ0) is 21.2. The Morgan fingerprint density at radius 1 is 1.21 bits per heavy atom. The van der Waals surface area contributed by atoms with Crippen LogP contribution in [0.2, 0.25) is 0 Å². The summed E-state index contributed by atoms with van der Waals surface area (Å²) in [7, 11) is 0. The molecule has 1 aromatic heterocycles. The van der Waals surface area contributed by atoms with Crippen LogP contribution in [0.5, 0.6) is 0 Å². The van der Waals surface area contributed by atoms with Crippen LogP contribution in [-0.4, -0.2) is 15.8 Å². The lowest BCUT2D eigenvalue weighted by Gasteiger charge is -2.18. The average Bonchev–Trinajstić information content (AvgIpc) is 3.07. The van der Waals surface area contributed by atoms with Crippen molar-refractivity contribution in [2.75, 3.05) is 6.26 Å². The molecule has 3 rings (SSSR count). The molecule has 1 heterocycles. The highest BCUT2D eigenvalue weighted by molar-refractivity contribution is 7.89. The minimum atomic E-state index is -4.63. The van der Waals surface area contributed by atoms with Gasteiger partial charge in [0.25, 0.3) is 0 Å². The Balaban J connectivity index is 2.10. The predicted molar refractivity (Wildman–Crippen MR) is 104 cm³/mol. The molecule has 0 bridgehead atoms. The number of nitrogens with one attached hydrogen (secondary N) is 1. The number of alkyl halides is 3. The third kappa shape index (κ3) is 4.57. The lowest BCUT2D eigenvalue weighted by Crippen LogP contribution is -2.09. The topological polar surface area (TPSA) is 62.6 Å².